The molecule has 122 valence electrons. The Hall–Kier alpha value is -1.09. The van der Waals surface area contributed by atoms with E-state index in [1.54, 1.807) is 0 Å². The molecule has 3 saturated heterocycles. The van der Waals surface area contributed by atoms with Gasteiger partial charge in [-0.1, -0.05) is 5.92 Å². The van der Waals surface area contributed by atoms with Crippen LogP contribution in [0.4, 0.5) is 0 Å². The van der Waals surface area contributed by atoms with Gasteiger partial charge in [0.2, 0.25) is 0 Å². The van der Waals surface area contributed by atoms with E-state index in [-0.39, 0.29) is 17.0 Å². The van der Waals surface area contributed by atoms with Gasteiger partial charge in [0, 0.05) is 32.7 Å². The summed E-state index contributed by atoms with van der Waals surface area (Å²) < 4.78 is 11.2. The Balaban J connectivity index is 1.53. The van der Waals surface area contributed by atoms with Crippen LogP contribution in [0, 0.1) is 17.8 Å². The highest BCUT2D eigenvalue weighted by Gasteiger charge is 2.54. The van der Waals surface area contributed by atoms with Crippen molar-refractivity contribution in [3.05, 3.63) is 0 Å². The van der Waals surface area contributed by atoms with Gasteiger partial charge in [-0.15, -0.1) is 6.42 Å². The van der Waals surface area contributed by atoms with E-state index in [0.29, 0.717) is 6.61 Å². The van der Waals surface area contributed by atoms with Crippen LogP contribution in [-0.2, 0) is 14.3 Å². The van der Waals surface area contributed by atoms with Crippen molar-refractivity contribution in [3.63, 3.8) is 0 Å². The molecular weight excluding hydrogens is 280 g/mol. The van der Waals surface area contributed by atoms with E-state index in [4.69, 9.17) is 15.9 Å². The zero-order chi connectivity index (χ0) is 15.6. The second kappa shape index (κ2) is 6.19. The Morgan fingerprint density at radius 1 is 1.18 bits per heavy atom. The average molecular weight is 306 g/mol. The first-order valence-electron chi connectivity index (χ1n) is 8.22. The number of piperazine rings is 1. The summed E-state index contributed by atoms with van der Waals surface area (Å²) in [5.41, 5.74) is -0.425. The van der Waals surface area contributed by atoms with Gasteiger partial charge in [0.1, 0.15) is 0 Å². The molecule has 0 spiro atoms. The molecule has 0 radical (unpaired) electrons. The highest BCUT2D eigenvalue weighted by Crippen LogP contribution is 2.49. The van der Waals surface area contributed by atoms with Crippen LogP contribution in [-0.4, -0.2) is 74.4 Å². The number of carbonyl (C=O) groups excluding carboxylic acids is 1. The van der Waals surface area contributed by atoms with E-state index < -0.39 is 0 Å². The van der Waals surface area contributed by atoms with Gasteiger partial charge in [-0.2, -0.15) is 0 Å². The molecule has 5 heteroatoms. The van der Waals surface area contributed by atoms with Crippen molar-refractivity contribution in [2.75, 3.05) is 53.0 Å². The fourth-order valence-electron chi connectivity index (χ4n) is 4.09. The number of ether oxygens (including phenoxy) is 2. The molecule has 4 fully saturated rings. The molecule has 0 aromatic rings. The highest BCUT2D eigenvalue weighted by atomic mass is 16.5. The number of nitrogens with zero attached hydrogens (tertiary/aromatic N) is 2. The topological polar surface area (TPSA) is 42.0 Å². The maximum atomic E-state index is 12.0. The van der Waals surface area contributed by atoms with Crippen LogP contribution in [0.25, 0.3) is 0 Å². The molecule has 1 saturated carbocycles. The zero-order valence-electron chi connectivity index (χ0n) is 13.5. The van der Waals surface area contributed by atoms with E-state index in [0.717, 1.165) is 65.0 Å². The summed E-state index contributed by atoms with van der Waals surface area (Å²) >= 11 is 0. The fourth-order valence-corrected chi connectivity index (χ4v) is 4.09. The lowest BCUT2D eigenvalue weighted by atomic mass is 9.66. The minimum atomic E-state index is -0.373. The lowest BCUT2D eigenvalue weighted by molar-refractivity contribution is -0.208. The molecule has 0 N–H and O–H groups in total. The Morgan fingerprint density at radius 3 is 2.32 bits per heavy atom. The summed E-state index contributed by atoms with van der Waals surface area (Å²) in [5, 5.41) is 0. The minimum absolute atomic E-state index is 0.0515. The molecule has 5 nitrogen and oxygen atoms in total. The van der Waals surface area contributed by atoms with E-state index in [1.807, 2.05) is 0 Å². The third-order valence-electron chi connectivity index (χ3n) is 5.68. The van der Waals surface area contributed by atoms with Crippen LogP contribution in [0.1, 0.15) is 25.7 Å². The standard InChI is InChI=1S/C17H26N2O3/c1-3-8-18-9-11-19(12-10-18)13-17-6-4-16(5-7-17,14-22-17)15(20)21-2/h1H,4-14H2,2H3. The van der Waals surface area contributed by atoms with Gasteiger partial charge in [-0.05, 0) is 25.7 Å². The first-order chi connectivity index (χ1) is 10.6. The summed E-state index contributed by atoms with van der Waals surface area (Å²) in [7, 11) is 1.48. The molecule has 4 rings (SSSR count). The molecule has 4 aliphatic rings. The number of terminal acetylenes is 1. The summed E-state index contributed by atoms with van der Waals surface area (Å²) in [6, 6.07) is 0. The molecule has 1 aliphatic carbocycles. The highest BCUT2D eigenvalue weighted by molar-refractivity contribution is 5.77. The molecule has 22 heavy (non-hydrogen) atoms. The monoisotopic (exact) mass is 306 g/mol. The first kappa shape index (κ1) is 15.8. The molecule has 3 aliphatic heterocycles. The molecule has 0 atom stereocenters. The van der Waals surface area contributed by atoms with Gasteiger partial charge in [0.05, 0.1) is 31.3 Å². The molecule has 0 aromatic heterocycles. The predicted molar refractivity (Wildman–Crippen MR) is 83.3 cm³/mol. The molecule has 0 aromatic carbocycles. The number of hydrogen-bond acceptors (Lipinski definition) is 5. The minimum Gasteiger partial charge on any atom is -0.469 e. The second-order valence-corrected chi connectivity index (χ2v) is 7.00. The molecule has 0 unspecified atom stereocenters. The molecule has 2 bridgehead atoms. The van der Waals surface area contributed by atoms with Crippen molar-refractivity contribution in [2.45, 2.75) is 31.3 Å². The summed E-state index contributed by atoms with van der Waals surface area (Å²) in [5.74, 6) is 2.62. The number of fused-ring (bicyclic) bond motifs is 3. The largest absolute Gasteiger partial charge is 0.469 e. The van der Waals surface area contributed by atoms with Crippen molar-refractivity contribution < 1.29 is 14.3 Å². The maximum Gasteiger partial charge on any atom is 0.314 e. The fraction of sp³-hybridized carbons (Fsp3) is 0.824. The molecular formula is C17H26N2O3. The van der Waals surface area contributed by atoms with Crippen LogP contribution in [0.5, 0.6) is 0 Å². The zero-order valence-corrected chi connectivity index (χ0v) is 13.5. The smallest absolute Gasteiger partial charge is 0.314 e. The number of carbonyl (C=O) groups is 1. The van der Waals surface area contributed by atoms with Crippen LogP contribution in [0.15, 0.2) is 0 Å². The maximum absolute atomic E-state index is 12.0. The number of rotatable bonds is 4. The van der Waals surface area contributed by atoms with Gasteiger partial charge < -0.3 is 9.47 Å². The Bertz CT molecular complexity index is 438. The van der Waals surface area contributed by atoms with E-state index in [2.05, 4.69) is 15.7 Å². The predicted octanol–water partition coefficient (Wildman–Crippen LogP) is 0.740. The third kappa shape index (κ3) is 2.88. The summed E-state index contributed by atoms with van der Waals surface area (Å²) in [6.07, 6.45) is 9.11. The van der Waals surface area contributed by atoms with Crippen LogP contribution < -0.4 is 0 Å². The van der Waals surface area contributed by atoms with E-state index in [9.17, 15) is 4.79 Å². The number of hydrogen-bond donors (Lipinski definition) is 0. The van der Waals surface area contributed by atoms with Crippen molar-refractivity contribution >= 4 is 5.97 Å². The summed E-state index contributed by atoms with van der Waals surface area (Å²) in [4.78, 5) is 16.8. The van der Waals surface area contributed by atoms with E-state index in [1.165, 1.54) is 7.11 Å². The lowest BCUT2D eigenvalue weighted by Crippen LogP contribution is -2.60. The van der Waals surface area contributed by atoms with E-state index >= 15 is 0 Å². The van der Waals surface area contributed by atoms with Crippen molar-refractivity contribution in [1.29, 1.82) is 0 Å². The average Bonchev–Trinajstić information content (AvgIpc) is 2.57. The van der Waals surface area contributed by atoms with Gasteiger partial charge in [0.25, 0.3) is 0 Å². The van der Waals surface area contributed by atoms with Gasteiger partial charge in [-0.25, -0.2) is 0 Å². The third-order valence-corrected chi connectivity index (χ3v) is 5.68. The van der Waals surface area contributed by atoms with Crippen molar-refractivity contribution in [2.24, 2.45) is 5.41 Å². The quantitative estimate of drug-likeness (QED) is 0.566. The number of methoxy groups -OCH3 is 1. The van der Waals surface area contributed by atoms with Crippen LogP contribution >= 0.6 is 0 Å². The Kier molecular flexibility index (Phi) is 4.44. The number of esters is 1. The Morgan fingerprint density at radius 2 is 1.82 bits per heavy atom. The summed E-state index contributed by atoms with van der Waals surface area (Å²) in [6.45, 7) is 6.42. The first-order valence-corrected chi connectivity index (χ1v) is 8.22. The SMILES string of the molecule is C#CCN1CCN(CC23CCC(C(=O)OC)(CC2)CO3)CC1. The van der Waals surface area contributed by atoms with Gasteiger partial charge >= 0.3 is 5.97 Å². The van der Waals surface area contributed by atoms with Crippen molar-refractivity contribution in [1.82, 2.24) is 9.80 Å². The van der Waals surface area contributed by atoms with Crippen molar-refractivity contribution in [3.8, 4) is 12.3 Å². The molecule has 3 heterocycles. The molecule has 0 amide bonds. The lowest BCUT2D eigenvalue weighted by Gasteiger charge is -2.53. The normalized spacial score (nSPS) is 36.0. The van der Waals surface area contributed by atoms with Gasteiger partial charge in [0.15, 0.2) is 0 Å². The van der Waals surface area contributed by atoms with Crippen LogP contribution in [0.3, 0.4) is 0 Å². The Labute approximate surface area is 132 Å². The second-order valence-electron chi connectivity index (χ2n) is 7.00. The van der Waals surface area contributed by atoms with Gasteiger partial charge in [-0.3, -0.25) is 14.6 Å². The van der Waals surface area contributed by atoms with Crippen LogP contribution in [0.2, 0.25) is 0 Å².